The Labute approximate surface area is 311 Å². The molecule has 0 N–H and O–H groups in total. The van der Waals surface area contributed by atoms with Gasteiger partial charge in [0.2, 0.25) is 0 Å². The fourth-order valence-corrected chi connectivity index (χ4v) is 20.0. The van der Waals surface area contributed by atoms with Gasteiger partial charge in [-0.05, 0) is 0 Å². The monoisotopic (exact) mass is 870 g/mol. The molecule has 8 rings (SSSR count). The fourth-order valence-electron chi connectivity index (χ4n) is 6.44. The zero-order valence-electron chi connectivity index (χ0n) is 27.4. The molecule has 0 unspecified atom stereocenters. The number of rotatable bonds is 9. The third-order valence-corrected chi connectivity index (χ3v) is 20.6. The molecule has 0 aromatic heterocycles. The third kappa shape index (κ3) is 7.14. The van der Waals surface area contributed by atoms with Crippen LogP contribution in [0.5, 0.6) is 0 Å². The van der Waals surface area contributed by atoms with Crippen molar-refractivity contribution in [3.63, 3.8) is 0 Å². The predicted molar refractivity (Wildman–Crippen MR) is 216 cm³/mol. The van der Waals surface area contributed by atoms with Crippen LogP contribution in [0.25, 0.3) is 66.8 Å². The Balaban J connectivity index is 1.35. The van der Waals surface area contributed by atoms with Crippen LogP contribution in [0.1, 0.15) is 0 Å². The van der Waals surface area contributed by atoms with Crippen molar-refractivity contribution in [2.24, 2.45) is 0 Å². The van der Waals surface area contributed by atoms with Crippen molar-refractivity contribution in [3.05, 3.63) is 206 Å². The summed E-state index contributed by atoms with van der Waals surface area (Å²) in [6, 6.07) is 75.7. The molecule has 0 saturated heterocycles. The number of hydrogen-bond acceptors (Lipinski definition) is 0. The molecule has 50 heavy (non-hydrogen) atoms. The van der Waals surface area contributed by atoms with E-state index in [4.69, 9.17) is 0 Å². The SMILES string of the molecule is c1ccc(-c2cc(-c3ccccc3)c([Te][Te]c3c(-c4ccccc4)cc(-c4ccccc4)cc3-c3ccccc3)c(-c3ccccc3)c2)cc1. The number of hydrogen-bond donors (Lipinski definition) is 0. The standard InChI is InChI=1S/C48H34Te2/c1-7-19-35(20-8-1)41-31-43(37-23-11-3-12-24-37)47(44(32-41)38-25-13-4-14-26-38)49-50-48-45(39-27-15-5-16-28-39)33-42(36-21-9-2-10-22-36)34-46(48)40-29-17-6-18-30-40/h1-34H. The molecular weight excluding hydrogens is 832 g/mol. The topological polar surface area (TPSA) is 0 Å². The van der Waals surface area contributed by atoms with E-state index in [1.807, 2.05) is 0 Å². The van der Waals surface area contributed by atoms with Crippen LogP contribution in [-0.2, 0) is 0 Å². The van der Waals surface area contributed by atoms with Gasteiger partial charge in [-0.3, -0.25) is 0 Å². The van der Waals surface area contributed by atoms with Crippen molar-refractivity contribution in [2.45, 2.75) is 0 Å². The van der Waals surface area contributed by atoms with Gasteiger partial charge >= 0.3 is 314 Å². The molecule has 0 aliphatic heterocycles. The summed E-state index contributed by atoms with van der Waals surface area (Å²) in [6.07, 6.45) is 0. The molecule has 8 aromatic rings. The van der Waals surface area contributed by atoms with E-state index >= 15 is 0 Å². The van der Waals surface area contributed by atoms with Gasteiger partial charge in [0.25, 0.3) is 0 Å². The molecule has 0 fully saturated rings. The van der Waals surface area contributed by atoms with Crippen molar-refractivity contribution >= 4 is 41.3 Å². The van der Waals surface area contributed by atoms with Gasteiger partial charge in [-0.25, -0.2) is 0 Å². The van der Waals surface area contributed by atoms with Crippen molar-refractivity contribution in [1.82, 2.24) is 0 Å². The Bertz CT molecular complexity index is 2030. The molecule has 0 spiro atoms. The quantitative estimate of drug-likeness (QED) is 0.127. The average Bonchev–Trinajstić information content (AvgIpc) is 3.21. The molecule has 0 radical (unpaired) electrons. The van der Waals surface area contributed by atoms with Gasteiger partial charge < -0.3 is 0 Å². The Morgan fingerprint density at radius 2 is 0.400 bits per heavy atom. The summed E-state index contributed by atoms with van der Waals surface area (Å²) in [5.41, 5.74) is 15.7. The molecule has 0 aliphatic carbocycles. The van der Waals surface area contributed by atoms with E-state index in [0.29, 0.717) is 0 Å². The minimum absolute atomic E-state index is 0.636. The van der Waals surface area contributed by atoms with E-state index in [1.165, 1.54) is 66.8 Å². The normalized spacial score (nSPS) is 11.0. The van der Waals surface area contributed by atoms with Crippen molar-refractivity contribution < 1.29 is 0 Å². The van der Waals surface area contributed by atoms with Crippen LogP contribution in [0, 0.1) is 0 Å². The van der Waals surface area contributed by atoms with Gasteiger partial charge in [0.05, 0.1) is 0 Å². The van der Waals surface area contributed by atoms with Crippen LogP contribution >= 0.6 is 0 Å². The Kier molecular flexibility index (Phi) is 10.1. The predicted octanol–water partition coefficient (Wildman–Crippen LogP) is 11.0. The molecule has 238 valence electrons. The van der Waals surface area contributed by atoms with Crippen molar-refractivity contribution in [3.8, 4) is 66.8 Å². The first-order valence-electron chi connectivity index (χ1n) is 16.8. The fraction of sp³-hybridized carbons (Fsp3) is 0. The second-order valence-corrected chi connectivity index (χ2v) is 21.8. The molecule has 0 bridgehead atoms. The summed E-state index contributed by atoms with van der Waals surface area (Å²) >= 11 is -1.27. The van der Waals surface area contributed by atoms with E-state index in [9.17, 15) is 0 Å². The van der Waals surface area contributed by atoms with E-state index in [0.717, 1.165) is 0 Å². The van der Waals surface area contributed by atoms with Gasteiger partial charge in [-0.1, -0.05) is 0 Å². The maximum absolute atomic E-state index is 2.46. The summed E-state index contributed by atoms with van der Waals surface area (Å²) in [4.78, 5) is 0. The first-order valence-corrected chi connectivity index (χ1v) is 26.5. The van der Waals surface area contributed by atoms with Gasteiger partial charge in [0, 0.05) is 0 Å². The summed E-state index contributed by atoms with van der Waals surface area (Å²) in [5.74, 6) is 0. The minimum atomic E-state index is -0.636. The van der Waals surface area contributed by atoms with E-state index in [-0.39, 0.29) is 0 Å². The van der Waals surface area contributed by atoms with Gasteiger partial charge in [-0.15, -0.1) is 0 Å². The first kappa shape index (κ1) is 32.5. The third-order valence-electron chi connectivity index (χ3n) is 8.94. The van der Waals surface area contributed by atoms with E-state index < -0.39 is 34.1 Å². The average molecular weight is 866 g/mol. The molecule has 0 heterocycles. The summed E-state index contributed by atoms with van der Waals surface area (Å²) in [7, 11) is 0. The first-order chi connectivity index (χ1) is 24.8. The molecule has 0 saturated carbocycles. The Morgan fingerprint density at radius 1 is 0.200 bits per heavy atom. The van der Waals surface area contributed by atoms with Crippen LogP contribution in [0.2, 0.25) is 0 Å². The van der Waals surface area contributed by atoms with Crippen molar-refractivity contribution in [2.75, 3.05) is 0 Å². The van der Waals surface area contributed by atoms with E-state index in [1.54, 1.807) is 7.22 Å². The van der Waals surface area contributed by atoms with Crippen LogP contribution in [0.15, 0.2) is 206 Å². The van der Waals surface area contributed by atoms with Crippen LogP contribution in [0.4, 0.5) is 0 Å². The Hall–Kier alpha value is -4.66. The summed E-state index contributed by atoms with van der Waals surface area (Å²) in [5, 5.41) is 0. The second-order valence-electron chi connectivity index (χ2n) is 12.2. The summed E-state index contributed by atoms with van der Waals surface area (Å²) < 4.78 is 3.11. The zero-order valence-corrected chi connectivity index (χ0v) is 32.1. The molecule has 0 atom stereocenters. The molecule has 0 aliphatic rings. The van der Waals surface area contributed by atoms with Gasteiger partial charge in [-0.2, -0.15) is 0 Å². The van der Waals surface area contributed by atoms with E-state index in [2.05, 4.69) is 206 Å². The molecule has 8 aromatic carbocycles. The molecule has 0 nitrogen and oxygen atoms in total. The Morgan fingerprint density at radius 3 is 0.620 bits per heavy atom. The van der Waals surface area contributed by atoms with Gasteiger partial charge in [0.15, 0.2) is 0 Å². The zero-order chi connectivity index (χ0) is 33.5. The molecule has 0 amide bonds. The summed E-state index contributed by atoms with van der Waals surface area (Å²) in [6.45, 7) is 0. The van der Waals surface area contributed by atoms with Crippen molar-refractivity contribution in [1.29, 1.82) is 0 Å². The molecular formula is C48H34Te2. The number of benzene rings is 8. The van der Waals surface area contributed by atoms with Crippen LogP contribution in [-0.4, -0.2) is 34.1 Å². The molecule has 2 heteroatoms. The maximum atomic E-state index is 2.46. The second kappa shape index (κ2) is 15.5. The van der Waals surface area contributed by atoms with Gasteiger partial charge in [0.1, 0.15) is 0 Å². The van der Waals surface area contributed by atoms with Crippen LogP contribution < -0.4 is 7.22 Å². The van der Waals surface area contributed by atoms with Crippen LogP contribution in [0.3, 0.4) is 0 Å².